The molecule has 0 saturated carbocycles. The van der Waals surface area contributed by atoms with Gasteiger partial charge in [0.25, 0.3) is 0 Å². The van der Waals surface area contributed by atoms with Crippen LogP contribution in [0.4, 0.5) is 15.8 Å². The molecule has 102 valence electrons. The Hall–Kier alpha value is -2.54. The number of nitriles is 1. The molecule has 0 radical (unpaired) electrons. The third kappa shape index (κ3) is 2.89. The third-order valence-corrected chi connectivity index (χ3v) is 3.22. The number of benzene rings is 2. The lowest BCUT2D eigenvalue weighted by molar-refractivity contribution is 0.627. The summed E-state index contributed by atoms with van der Waals surface area (Å²) >= 11 is 0. The molecule has 20 heavy (non-hydrogen) atoms. The molecule has 4 heteroatoms. The lowest BCUT2D eigenvalue weighted by Crippen LogP contribution is -2.23. The second kappa shape index (κ2) is 6.07. The topological polar surface area (TPSA) is 53.0 Å². The quantitative estimate of drug-likeness (QED) is 0.866. The Labute approximate surface area is 118 Å². The van der Waals surface area contributed by atoms with Crippen LogP contribution in [0.2, 0.25) is 0 Å². The van der Waals surface area contributed by atoms with E-state index in [1.54, 1.807) is 6.07 Å². The van der Waals surface area contributed by atoms with Gasteiger partial charge in [-0.3, -0.25) is 0 Å². The first-order valence-electron chi connectivity index (χ1n) is 6.43. The number of para-hydroxylation sites is 1. The molecular formula is C16H16FN3. The van der Waals surface area contributed by atoms with Crippen molar-refractivity contribution in [2.75, 3.05) is 17.2 Å². The molecule has 0 aliphatic carbocycles. The van der Waals surface area contributed by atoms with Crippen LogP contribution in [-0.4, -0.2) is 6.54 Å². The Kier molecular flexibility index (Phi) is 4.21. The Morgan fingerprint density at radius 3 is 2.65 bits per heavy atom. The molecule has 0 aliphatic heterocycles. The van der Waals surface area contributed by atoms with E-state index in [1.165, 1.54) is 12.1 Å². The van der Waals surface area contributed by atoms with Crippen molar-refractivity contribution >= 4 is 11.4 Å². The second-order valence-corrected chi connectivity index (χ2v) is 4.49. The van der Waals surface area contributed by atoms with Crippen molar-refractivity contribution in [1.82, 2.24) is 0 Å². The third-order valence-electron chi connectivity index (χ3n) is 3.22. The number of nitrogen functional groups attached to an aromatic ring is 1. The number of anilines is 2. The molecule has 2 N–H and O–H groups in total. The van der Waals surface area contributed by atoms with Gasteiger partial charge in [0.15, 0.2) is 0 Å². The zero-order valence-electron chi connectivity index (χ0n) is 11.3. The van der Waals surface area contributed by atoms with Crippen molar-refractivity contribution in [1.29, 1.82) is 5.26 Å². The highest BCUT2D eigenvalue weighted by Gasteiger charge is 2.12. The van der Waals surface area contributed by atoms with Crippen molar-refractivity contribution in [3.05, 3.63) is 59.4 Å². The molecule has 0 aromatic heterocycles. The minimum absolute atomic E-state index is 0.335. The van der Waals surface area contributed by atoms with Crippen LogP contribution in [0, 0.1) is 17.1 Å². The molecule has 0 saturated heterocycles. The van der Waals surface area contributed by atoms with Crippen molar-refractivity contribution in [2.45, 2.75) is 13.5 Å². The van der Waals surface area contributed by atoms with Gasteiger partial charge in [-0.15, -0.1) is 0 Å². The number of nitrogens with zero attached hydrogens (tertiary/aromatic N) is 2. The first kappa shape index (κ1) is 13.9. The zero-order chi connectivity index (χ0) is 14.5. The van der Waals surface area contributed by atoms with E-state index in [2.05, 4.69) is 0 Å². The molecule has 0 aliphatic rings. The van der Waals surface area contributed by atoms with E-state index in [4.69, 9.17) is 11.0 Å². The van der Waals surface area contributed by atoms with Crippen LogP contribution in [0.3, 0.4) is 0 Å². The summed E-state index contributed by atoms with van der Waals surface area (Å²) in [5.74, 6) is -0.402. The SMILES string of the molecule is CCN(Cc1ccccc1N)c1ccc(F)cc1C#N. The van der Waals surface area contributed by atoms with Gasteiger partial charge in [-0.05, 0) is 36.8 Å². The molecular weight excluding hydrogens is 253 g/mol. The van der Waals surface area contributed by atoms with Gasteiger partial charge in [0.1, 0.15) is 11.9 Å². The Morgan fingerprint density at radius 1 is 1.25 bits per heavy atom. The number of nitrogens with two attached hydrogens (primary N) is 1. The summed E-state index contributed by atoms with van der Waals surface area (Å²) < 4.78 is 13.2. The predicted molar refractivity (Wildman–Crippen MR) is 78.7 cm³/mol. The smallest absolute Gasteiger partial charge is 0.124 e. The van der Waals surface area contributed by atoms with Crippen LogP contribution in [0.25, 0.3) is 0 Å². The summed E-state index contributed by atoms with van der Waals surface area (Å²) in [6, 6.07) is 13.9. The second-order valence-electron chi connectivity index (χ2n) is 4.49. The summed E-state index contributed by atoms with van der Waals surface area (Å²) in [7, 11) is 0. The van der Waals surface area contributed by atoms with Crippen LogP contribution >= 0.6 is 0 Å². The largest absolute Gasteiger partial charge is 0.398 e. The fraction of sp³-hybridized carbons (Fsp3) is 0.188. The van der Waals surface area contributed by atoms with Gasteiger partial charge in [0.2, 0.25) is 0 Å². The molecule has 0 fully saturated rings. The summed E-state index contributed by atoms with van der Waals surface area (Å²) in [6.45, 7) is 3.28. The summed E-state index contributed by atoms with van der Waals surface area (Å²) in [5.41, 5.74) is 8.70. The van der Waals surface area contributed by atoms with E-state index < -0.39 is 5.82 Å². The molecule has 0 bridgehead atoms. The van der Waals surface area contributed by atoms with E-state index in [1.807, 2.05) is 42.2 Å². The molecule has 0 heterocycles. The Morgan fingerprint density at radius 2 is 2.00 bits per heavy atom. The number of hydrogen-bond acceptors (Lipinski definition) is 3. The maximum absolute atomic E-state index is 13.2. The standard InChI is InChI=1S/C16H16FN3/c1-2-20(11-12-5-3-4-6-15(12)19)16-8-7-14(17)9-13(16)10-18/h3-9H,2,11,19H2,1H3. The maximum atomic E-state index is 13.2. The Balaban J connectivity index is 2.34. The van der Waals surface area contributed by atoms with E-state index >= 15 is 0 Å². The van der Waals surface area contributed by atoms with E-state index in [-0.39, 0.29) is 0 Å². The molecule has 0 spiro atoms. The highest BCUT2D eigenvalue weighted by Crippen LogP contribution is 2.24. The lowest BCUT2D eigenvalue weighted by Gasteiger charge is -2.25. The van der Waals surface area contributed by atoms with E-state index in [9.17, 15) is 4.39 Å². The monoisotopic (exact) mass is 269 g/mol. The number of hydrogen-bond donors (Lipinski definition) is 1. The number of rotatable bonds is 4. The highest BCUT2D eigenvalue weighted by atomic mass is 19.1. The minimum Gasteiger partial charge on any atom is -0.398 e. The normalized spacial score (nSPS) is 10.1. The summed E-state index contributed by atoms with van der Waals surface area (Å²) in [4.78, 5) is 2.00. The fourth-order valence-electron chi connectivity index (χ4n) is 2.12. The number of halogens is 1. The fourth-order valence-corrected chi connectivity index (χ4v) is 2.12. The Bertz CT molecular complexity index is 646. The average molecular weight is 269 g/mol. The molecule has 2 aromatic carbocycles. The molecule has 0 atom stereocenters. The van der Waals surface area contributed by atoms with Crippen LogP contribution in [0.5, 0.6) is 0 Å². The molecule has 3 nitrogen and oxygen atoms in total. The first-order chi connectivity index (χ1) is 9.65. The van der Waals surface area contributed by atoms with Crippen LogP contribution in [0.15, 0.2) is 42.5 Å². The highest BCUT2D eigenvalue weighted by molar-refractivity contribution is 5.60. The van der Waals surface area contributed by atoms with Gasteiger partial charge in [-0.25, -0.2) is 4.39 Å². The van der Waals surface area contributed by atoms with Gasteiger partial charge in [0.05, 0.1) is 11.3 Å². The first-order valence-corrected chi connectivity index (χ1v) is 6.43. The van der Waals surface area contributed by atoms with Crippen LogP contribution < -0.4 is 10.6 Å². The molecule has 2 rings (SSSR count). The van der Waals surface area contributed by atoms with Crippen LogP contribution in [-0.2, 0) is 6.54 Å². The molecule has 0 amide bonds. The van der Waals surface area contributed by atoms with Crippen molar-refractivity contribution in [2.24, 2.45) is 0 Å². The average Bonchev–Trinajstić information content (AvgIpc) is 2.46. The van der Waals surface area contributed by atoms with Crippen molar-refractivity contribution in [3.8, 4) is 6.07 Å². The van der Waals surface area contributed by atoms with Gasteiger partial charge in [0, 0.05) is 18.8 Å². The predicted octanol–water partition coefficient (Wildman–Crippen LogP) is 3.31. The zero-order valence-corrected chi connectivity index (χ0v) is 11.3. The van der Waals surface area contributed by atoms with Crippen molar-refractivity contribution in [3.63, 3.8) is 0 Å². The maximum Gasteiger partial charge on any atom is 0.124 e. The van der Waals surface area contributed by atoms with E-state index in [0.717, 1.165) is 11.3 Å². The van der Waals surface area contributed by atoms with Gasteiger partial charge in [-0.2, -0.15) is 5.26 Å². The van der Waals surface area contributed by atoms with Crippen molar-refractivity contribution < 1.29 is 4.39 Å². The van der Waals surface area contributed by atoms with Gasteiger partial charge in [-0.1, -0.05) is 18.2 Å². The minimum atomic E-state index is -0.402. The molecule has 0 unspecified atom stereocenters. The summed E-state index contributed by atoms with van der Waals surface area (Å²) in [5, 5.41) is 9.14. The molecule has 2 aromatic rings. The van der Waals surface area contributed by atoms with Gasteiger partial charge >= 0.3 is 0 Å². The van der Waals surface area contributed by atoms with Crippen LogP contribution in [0.1, 0.15) is 18.1 Å². The van der Waals surface area contributed by atoms with E-state index in [0.29, 0.717) is 24.3 Å². The lowest BCUT2D eigenvalue weighted by atomic mass is 10.1. The van der Waals surface area contributed by atoms with Gasteiger partial charge < -0.3 is 10.6 Å². The summed E-state index contributed by atoms with van der Waals surface area (Å²) in [6.07, 6.45) is 0.